The van der Waals surface area contributed by atoms with Crippen LogP contribution >= 0.6 is 23.4 Å². The van der Waals surface area contributed by atoms with E-state index in [4.69, 9.17) is 25.8 Å². The number of amides is 2. The summed E-state index contributed by atoms with van der Waals surface area (Å²) in [6, 6.07) is 10.2. The third-order valence-electron chi connectivity index (χ3n) is 4.01. The van der Waals surface area contributed by atoms with Gasteiger partial charge in [-0.3, -0.25) is 9.59 Å². The summed E-state index contributed by atoms with van der Waals surface area (Å²) in [6.45, 7) is 3.87. The van der Waals surface area contributed by atoms with Gasteiger partial charge in [0, 0.05) is 0 Å². The summed E-state index contributed by atoms with van der Waals surface area (Å²) in [6.07, 6.45) is 3.18. The monoisotopic (exact) mass is 431 g/mol. The molecule has 8 heteroatoms. The van der Waals surface area contributed by atoms with Crippen LogP contribution in [0.2, 0.25) is 5.02 Å². The molecule has 0 saturated carbocycles. The summed E-state index contributed by atoms with van der Waals surface area (Å²) in [5.41, 5.74) is 0.994. The Kier molecular flexibility index (Phi) is 6.51. The SMILES string of the molecule is C=CCOc1c(Cl)cc(/C=C2\SC(=O)N(c3ccccc3OC)C2=O)cc1OC. The van der Waals surface area contributed by atoms with Gasteiger partial charge in [-0.05, 0) is 47.7 Å². The van der Waals surface area contributed by atoms with Gasteiger partial charge in [0.15, 0.2) is 11.5 Å². The molecule has 2 aromatic carbocycles. The van der Waals surface area contributed by atoms with Crippen LogP contribution in [-0.2, 0) is 4.79 Å². The van der Waals surface area contributed by atoms with Crippen molar-refractivity contribution in [2.75, 3.05) is 25.7 Å². The number of thioether (sulfide) groups is 1. The van der Waals surface area contributed by atoms with Crippen LogP contribution < -0.4 is 19.1 Å². The lowest BCUT2D eigenvalue weighted by Gasteiger charge is -2.15. The Morgan fingerprint density at radius 3 is 2.55 bits per heavy atom. The lowest BCUT2D eigenvalue weighted by molar-refractivity contribution is -0.113. The Hall–Kier alpha value is -2.90. The molecule has 29 heavy (non-hydrogen) atoms. The first-order valence-electron chi connectivity index (χ1n) is 8.52. The summed E-state index contributed by atoms with van der Waals surface area (Å²) in [5, 5.41) is -0.0869. The highest BCUT2D eigenvalue weighted by atomic mass is 35.5. The second-order valence-electron chi connectivity index (χ2n) is 5.82. The minimum Gasteiger partial charge on any atom is -0.495 e. The zero-order valence-corrected chi connectivity index (χ0v) is 17.4. The zero-order valence-electron chi connectivity index (χ0n) is 15.8. The standard InChI is InChI=1S/C21H18ClNO5S/c1-4-9-28-19-14(22)10-13(11-17(19)27-3)12-18-20(24)23(21(25)29-18)15-7-5-6-8-16(15)26-2/h4-8,10-12H,1,9H2,2-3H3/b18-12-. The Labute approximate surface area is 177 Å². The molecule has 0 aliphatic carbocycles. The van der Waals surface area contributed by atoms with Crippen molar-refractivity contribution in [3.63, 3.8) is 0 Å². The molecule has 150 valence electrons. The summed E-state index contributed by atoms with van der Waals surface area (Å²) in [7, 11) is 2.98. The van der Waals surface area contributed by atoms with E-state index in [9.17, 15) is 9.59 Å². The molecule has 1 heterocycles. The number of anilines is 1. The Balaban J connectivity index is 1.95. The number of carbonyl (C=O) groups excluding carboxylic acids is 2. The Morgan fingerprint density at radius 2 is 1.86 bits per heavy atom. The molecule has 6 nitrogen and oxygen atoms in total. The number of rotatable bonds is 7. The van der Waals surface area contributed by atoms with Gasteiger partial charge < -0.3 is 14.2 Å². The number of hydrogen-bond donors (Lipinski definition) is 0. The number of hydrogen-bond acceptors (Lipinski definition) is 6. The summed E-state index contributed by atoms with van der Waals surface area (Å²) in [4.78, 5) is 26.8. The quantitative estimate of drug-likeness (QED) is 0.445. The first-order chi connectivity index (χ1) is 14.0. The van der Waals surface area contributed by atoms with Gasteiger partial charge in [-0.15, -0.1) is 0 Å². The highest BCUT2D eigenvalue weighted by Crippen LogP contribution is 2.41. The predicted molar refractivity (Wildman–Crippen MR) is 115 cm³/mol. The maximum Gasteiger partial charge on any atom is 0.298 e. The largest absolute Gasteiger partial charge is 0.495 e. The normalized spacial score (nSPS) is 15.0. The topological polar surface area (TPSA) is 65.1 Å². The molecule has 0 unspecified atom stereocenters. The number of benzene rings is 2. The molecule has 3 rings (SSSR count). The molecule has 1 saturated heterocycles. The maximum absolute atomic E-state index is 12.9. The molecule has 1 fully saturated rings. The van der Waals surface area contributed by atoms with Crippen LogP contribution in [0.15, 0.2) is 54.0 Å². The van der Waals surface area contributed by atoms with Crippen LogP contribution in [0.3, 0.4) is 0 Å². The minimum absolute atomic E-state index is 0.263. The van der Waals surface area contributed by atoms with E-state index in [0.717, 1.165) is 16.7 Å². The summed E-state index contributed by atoms with van der Waals surface area (Å²) in [5.74, 6) is 0.791. The van der Waals surface area contributed by atoms with Gasteiger partial charge in [0.2, 0.25) is 0 Å². The van der Waals surface area contributed by atoms with Crippen LogP contribution in [0, 0.1) is 0 Å². The number of imide groups is 1. The fourth-order valence-corrected chi connectivity index (χ4v) is 3.85. The molecule has 0 N–H and O–H groups in total. The number of methoxy groups -OCH3 is 2. The maximum atomic E-state index is 12.9. The average molecular weight is 432 g/mol. The van der Waals surface area contributed by atoms with Gasteiger partial charge in [-0.25, -0.2) is 4.90 Å². The van der Waals surface area contributed by atoms with Crippen molar-refractivity contribution in [1.29, 1.82) is 0 Å². The molecule has 0 spiro atoms. The number of halogens is 1. The summed E-state index contributed by atoms with van der Waals surface area (Å²) >= 11 is 7.15. The third-order valence-corrected chi connectivity index (χ3v) is 5.17. The second-order valence-corrected chi connectivity index (χ2v) is 7.22. The van der Waals surface area contributed by atoms with Crippen LogP contribution in [0.5, 0.6) is 17.2 Å². The van der Waals surface area contributed by atoms with Gasteiger partial charge in [0.25, 0.3) is 11.1 Å². The van der Waals surface area contributed by atoms with E-state index in [0.29, 0.717) is 33.5 Å². The smallest absolute Gasteiger partial charge is 0.298 e. The van der Waals surface area contributed by atoms with Crippen molar-refractivity contribution in [2.24, 2.45) is 0 Å². The molecular formula is C21H18ClNO5S. The Bertz CT molecular complexity index is 1000. The van der Waals surface area contributed by atoms with Crippen molar-refractivity contribution in [3.05, 3.63) is 64.5 Å². The number of nitrogens with zero attached hydrogens (tertiary/aromatic N) is 1. The first-order valence-corrected chi connectivity index (χ1v) is 9.71. The van der Waals surface area contributed by atoms with Crippen molar-refractivity contribution >= 4 is 46.3 Å². The van der Waals surface area contributed by atoms with Gasteiger partial charge in [0.05, 0.1) is 29.8 Å². The van der Waals surface area contributed by atoms with E-state index >= 15 is 0 Å². The minimum atomic E-state index is -0.438. The molecule has 0 atom stereocenters. The van der Waals surface area contributed by atoms with E-state index in [-0.39, 0.29) is 11.5 Å². The van der Waals surface area contributed by atoms with E-state index in [1.165, 1.54) is 14.2 Å². The third kappa shape index (κ3) is 4.26. The fourth-order valence-electron chi connectivity index (χ4n) is 2.75. The van der Waals surface area contributed by atoms with E-state index < -0.39 is 11.1 Å². The van der Waals surface area contributed by atoms with Crippen molar-refractivity contribution in [3.8, 4) is 17.2 Å². The highest BCUT2D eigenvalue weighted by Gasteiger charge is 2.37. The zero-order chi connectivity index (χ0) is 21.0. The molecule has 1 aliphatic heterocycles. The molecule has 0 bridgehead atoms. The first kappa shape index (κ1) is 20.8. The van der Waals surface area contributed by atoms with Gasteiger partial charge >= 0.3 is 0 Å². The molecule has 0 radical (unpaired) electrons. The van der Waals surface area contributed by atoms with Crippen molar-refractivity contribution < 1.29 is 23.8 Å². The lowest BCUT2D eigenvalue weighted by Crippen LogP contribution is -2.28. The van der Waals surface area contributed by atoms with E-state index in [1.54, 1.807) is 48.6 Å². The lowest BCUT2D eigenvalue weighted by atomic mass is 10.1. The second kappa shape index (κ2) is 9.07. The fraction of sp³-hybridized carbons (Fsp3) is 0.143. The number of carbonyl (C=O) groups is 2. The van der Waals surface area contributed by atoms with E-state index in [2.05, 4.69) is 6.58 Å². The average Bonchev–Trinajstić information content (AvgIpc) is 2.99. The number of para-hydroxylation sites is 2. The highest BCUT2D eigenvalue weighted by molar-refractivity contribution is 8.19. The summed E-state index contributed by atoms with van der Waals surface area (Å²) < 4.78 is 16.1. The Morgan fingerprint density at radius 1 is 1.14 bits per heavy atom. The van der Waals surface area contributed by atoms with E-state index in [1.807, 2.05) is 0 Å². The molecule has 1 aliphatic rings. The van der Waals surface area contributed by atoms with Gasteiger partial charge in [-0.1, -0.05) is 36.4 Å². The van der Waals surface area contributed by atoms with Crippen molar-refractivity contribution in [1.82, 2.24) is 0 Å². The van der Waals surface area contributed by atoms with Crippen LogP contribution in [-0.4, -0.2) is 32.0 Å². The van der Waals surface area contributed by atoms with Crippen LogP contribution in [0.1, 0.15) is 5.56 Å². The van der Waals surface area contributed by atoms with Crippen molar-refractivity contribution in [2.45, 2.75) is 0 Å². The van der Waals surface area contributed by atoms with Gasteiger partial charge in [-0.2, -0.15) is 0 Å². The molecule has 2 amide bonds. The molecule has 0 aromatic heterocycles. The molecular weight excluding hydrogens is 414 g/mol. The molecule has 2 aromatic rings. The van der Waals surface area contributed by atoms with Gasteiger partial charge in [0.1, 0.15) is 12.4 Å². The predicted octanol–water partition coefficient (Wildman–Crippen LogP) is 5.16. The van der Waals surface area contributed by atoms with Crippen LogP contribution in [0.25, 0.3) is 6.08 Å². The van der Waals surface area contributed by atoms with Crippen LogP contribution in [0.4, 0.5) is 10.5 Å². The number of ether oxygens (including phenoxy) is 3.